The standard InChI is InChI=1S/C19H25NO4/c1-13-6-8-16(14(2)10-13)23-11-15-7-9-17(24-15)18(21)20(5)12-19(3,4)22/h6-10,22H,11-12H2,1-5H3. The van der Waals surface area contributed by atoms with Gasteiger partial charge in [0.25, 0.3) is 5.91 Å². The number of hydrogen-bond acceptors (Lipinski definition) is 4. The van der Waals surface area contributed by atoms with Gasteiger partial charge in [0.1, 0.15) is 18.1 Å². The first-order valence-corrected chi connectivity index (χ1v) is 7.92. The van der Waals surface area contributed by atoms with Crippen molar-refractivity contribution in [2.75, 3.05) is 13.6 Å². The van der Waals surface area contributed by atoms with Crippen molar-refractivity contribution in [3.63, 3.8) is 0 Å². The minimum atomic E-state index is -0.952. The first-order valence-electron chi connectivity index (χ1n) is 7.92. The number of amides is 1. The van der Waals surface area contributed by atoms with Gasteiger partial charge in [-0.15, -0.1) is 0 Å². The molecular weight excluding hydrogens is 306 g/mol. The summed E-state index contributed by atoms with van der Waals surface area (Å²) in [7, 11) is 1.63. The highest BCUT2D eigenvalue weighted by molar-refractivity contribution is 5.91. The van der Waals surface area contributed by atoms with E-state index in [2.05, 4.69) is 6.07 Å². The van der Waals surface area contributed by atoms with E-state index in [1.165, 1.54) is 10.5 Å². The van der Waals surface area contributed by atoms with Crippen molar-refractivity contribution in [2.24, 2.45) is 0 Å². The van der Waals surface area contributed by atoms with Crippen LogP contribution in [-0.2, 0) is 6.61 Å². The maximum Gasteiger partial charge on any atom is 0.289 e. The molecular formula is C19H25NO4. The zero-order valence-corrected chi connectivity index (χ0v) is 14.9. The summed E-state index contributed by atoms with van der Waals surface area (Å²) in [5.41, 5.74) is 1.29. The summed E-state index contributed by atoms with van der Waals surface area (Å²) >= 11 is 0. The fraction of sp³-hybridized carbons (Fsp3) is 0.421. The Bertz CT molecular complexity index is 712. The van der Waals surface area contributed by atoms with Crippen LogP contribution in [0.2, 0.25) is 0 Å². The lowest BCUT2D eigenvalue weighted by atomic mass is 10.1. The fourth-order valence-electron chi connectivity index (χ4n) is 2.52. The van der Waals surface area contributed by atoms with Crippen LogP contribution in [0.1, 0.15) is 41.3 Å². The molecule has 0 bridgehead atoms. The summed E-state index contributed by atoms with van der Waals surface area (Å²) in [6, 6.07) is 9.33. The molecule has 130 valence electrons. The average molecular weight is 331 g/mol. The van der Waals surface area contributed by atoms with Gasteiger partial charge < -0.3 is 19.2 Å². The molecule has 0 radical (unpaired) electrons. The minimum Gasteiger partial charge on any atom is -0.485 e. The summed E-state index contributed by atoms with van der Waals surface area (Å²) in [5, 5.41) is 9.80. The maximum atomic E-state index is 12.3. The van der Waals surface area contributed by atoms with Crippen LogP contribution in [0, 0.1) is 13.8 Å². The third-order valence-corrected chi connectivity index (χ3v) is 3.54. The average Bonchev–Trinajstić information content (AvgIpc) is 2.92. The highest BCUT2D eigenvalue weighted by Gasteiger charge is 2.22. The molecule has 0 saturated carbocycles. The first-order chi connectivity index (χ1) is 11.2. The fourth-order valence-corrected chi connectivity index (χ4v) is 2.52. The largest absolute Gasteiger partial charge is 0.485 e. The Morgan fingerprint density at radius 3 is 2.58 bits per heavy atom. The molecule has 1 heterocycles. The van der Waals surface area contributed by atoms with Gasteiger partial charge in [0.2, 0.25) is 0 Å². The second-order valence-corrected chi connectivity index (χ2v) is 6.80. The van der Waals surface area contributed by atoms with Crippen LogP contribution >= 0.6 is 0 Å². The van der Waals surface area contributed by atoms with Gasteiger partial charge in [-0.25, -0.2) is 0 Å². The molecule has 1 aromatic carbocycles. The highest BCUT2D eigenvalue weighted by Crippen LogP contribution is 2.21. The van der Waals surface area contributed by atoms with Crippen LogP contribution in [0.4, 0.5) is 0 Å². The lowest BCUT2D eigenvalue weighted by Gasteiger charge is -2.24. The third-order valence-electron chi connectivity index (χ3n) is 3.54. The number of rotatable bonds is 6. The van der Waals surface area contributed by atoms with Crippen LogP contribution in [0.3, 0.4) is 0 Å². The van der Waals surface area contributed by atoms with Crippen molar-refractivity contribution in [1.82, 2.24) is 4.90 Å². The zero-order valence-electron chi connectivity index (χ0n) is 14.9. The van der Waals surface area contributed by atoms with E-state index < -0.39 is 5.60 Å². The number of nitrogens with zero attached hydrogens (tertiary/aromatic N) is 1. The molecule has 1 aromatic heterocycles. The molecule has 0 spiro atoms. The van der Waals surface area contributed by atoms with Crippen LogP contribution in [0.15, 0.2) is 34.7 Å². The van der Waals surface area contributed by atoms with E-state index in [1.54, 1.807) is 33.0 Å². The molecule has 2 rings (SSSR count). The van der Waals surface area contributed by atoms with Gasteiger partial charge >= 0.3 is 0 Å². The van der Waals surface area contributed by atoms with Crippen LogP contribution in [0.25, 0.3) is 0 Å². The number of ether oxygens (including phenoxy) is 1. The number of furan rings is 1. The Kier molecular flexibility index (Phi) is 5.34. The molecule has 0 atom stereocenters. The number of benzene rings is 1. The number of hydrogen-bond donors (Lipinski definition) is 1. The van der Waals surface area contributed by atoms with Gasteiger partial charge in [0.05, 0.1) is 5.60 Å². The van der Waals surface area contributed by atoms with E-state index in [-0.39, 0.29) is 24.8 Å². The molecule has 5 nitrogen and oxygen atoms in total. The van der Waals surface area contributed by atoms with Crippen molar-refractivity contribution in [1.29, 1.82) is 0 Å². The molecule has 0 fully saturated rings. The first kappa shape index (κ1) is 18.1. The molecule has 1 amide bonds. The molecule has 2 aromatic rings. The van der Waals surface area contributed by atoms with E-state index in [0.717, 1.165) is 11.3 Å². The van der Waals surface area contributed by atoms with Crippen LogP contribution in [-0.4, -0.2) is 35.1 Å². The van der Waals surface area contributed by atoms with Gasteiger partial charge in [-0.05, 0) is 51.5 Å². The van der Waals surface area contributed by atoms with Gasteiger partial charge in [-0.1, -0.05) is 17.7 Å². The zero-order chi connectivity index (χ0) is 17.9. The Labute approximate surface area is 142 Å². The SMILES string of the molecule is Cc1ccc(OCc2ccc(C(=O)N(C)CC(C)(C)O)o2)c(C)c1. The van der Waals surface area contributed by atoms with E-state index in [0.29, 0.717) is 5.76 Å². The number of likely N-dealkylation sites (N-methyl/N-ethyl adjacent to an activating group) is 1. The summed E-state index contributed by atoms with van der Waals surface area (Å²) in [6.45, 7) is 7.81. The summed E-state index contributed by atoms with van der Waals surface area (Å²) in [5.74, 6) is 1.34. The topological polar surface area (TPSA) is 62.9 Å². The number of aliphatic hydroxyl groups is 1. The summed E-state index contributed by atoms with van der Waals surface area (Å²) in [6.07, 6.45) is 0. The van der Waals surface area contributed by atoms with Gasteiger partial charge in [0, 0.05) is 13.6 Å². The number of aryl methyl sites for hydroxylation is 2. The monoisotopic (exact) mass is 331 g/mol. The predicted molar refractivity (Wildman–Crippen MR) is 92.2 cm³/mol. The second-order valence-electron chi connectivity index (χ2n) is 6.80. The van der Waals surface area contributed by atoms with E-state index in [4.69, 9.17) is 9.15 Å². The van der Waals surface area contributed by atoms with E-state index in [9.17, 15) is 9.90 Å². The van der Waals surface area contributed by atoms with Crippen molar-refractivity contribution >= 4 is 5.91 Å². The Morgan fingerprint density at radius 1 is 1.25 bits per heavy atom. The lowest BCUT2D eigenvalue weighted by molar-refractivity contribution is 0.0350. The molecule has 5 heteroatoms. The molecule has 0 aliphatic rings. The van der Waals surface area contributed by atoms with Crippen LogP contribution < -0.4 is 4.74 Å². The summed E-state index contributed by atoms with van der Waals surface area (Å²) in [4.78, 5) is 13.7. The van der Waals surface area contributed by atoms with Crippen molar-refractivity contribution in [2.45, 2.75) is 39.9 Å². The molecule has 1 N–H and O–H groups in total. The third kappa shape index (κ3) is 4.86. The van der Waals surface area contributed by atoms with Gasteiger partial charge in [-0.3, -0.25) is 4.79 Å². The highest BCUT2D eigenvalue weighted by atomic mass is 16.5. The number of carbonyl (C=O) groups is 1. The smallest absolute Gasteiger partial charge is 0.289 e. The Balaban J connectivity index is 1.99. The lowest BCUT2D eigenvalue weighted by Crippen LogP contribution is -2.39. The van der Waals surface area contributed by atoms with Crippen molar-refractivity contribution in [3.05, 3.63) is 53.0 Å². The number of carbonyl (C=O) groups excluding carboxylic acids is 1. The van der Waals surface area contributed by atoms with Crippen molar-refractivity contribution < 1.29 is 19.1 Å². The maximum absolute atomic E-state index is 12.3. The molecule has 0 unspecified atom stereocenters. The molecule has 0 aliphatic heterocycles. The Morgan fingerprint density at radius 2 is 1.96 bits per heavy atom. The molecule has 0 saturated heterocycles. The summed E-state index contributed by atoms with van der Waals surface area (Å²) < 4.78 is 11.3. The normalized spacial score (nSPS) is 11.4. The van der Waals surface area contributed by atoms with Gasteiger partial charge in [-0.2, -0.15) is 0 Å². The van der Waals surface area contributed by atoms with E-state index in [1.807, 2.05) is 26.0 Å². The molecule has 24 heavy (non-hydrogen) atoms. The molecule has 0 aliphatic carbocycles. The van der Waals surface area contributed by atoms with E-state index >= 15 is 0 Å². The van der Waals surface area contributed by atoms with Crippen molar-refractivity contribution in [3.8, 4) is 5.75 Å². The van der Waals surface area contributed by atoms with Crippen LogP contribution in [0.5, 0.6) is 5.75 Å². The quantitative estimate of drug-likeness (QED) is 0.882. The predicted octanol–water partition coefficient (Wildman–Crippen LogP) is 3.32. The Hall–Kier alpha value is -2.27. The minimum absolute atomic E-state index is 0.223. The second kappa shape index (κ2) is 7.09. The van der Waals surface area contributed by atoms with Gasteiger partial charge in [0.15, 0.2) is 5.76 Å².